The fraction of sp³-hybridized carbons (Fsp3) is 0.270. The van der Waals surface area contributed by atoms with Gasteiger partial charge in [0.25, 0.3) is 14.0 Å². The first kappa shape index (κ1) is 36.1. The summed E-state index contributed by atoms with van der Waals surface area (Å²) in [6.45, 7) is 6.73. The van der Waals surface area contributed by atoms with E-state index in [1.807, 2.05) is 59.0 Å². The Morgan fingerprint density at radius 3 is 2.02 bits per heavy atom. The Kier molecular flexibility index (Phi) is 12.2. The lowest BCUT2D eigenvalue weighted by atomic mass is 10.0. The van der Waals surface area contributed by atoms with E-state index in [9.17, 15) is 25.4 Å². The molecule has 4 aromatic rings. The molecule has 0 aromatic heterocycles. The summed E-state index contributed by atoms with van der Waals surface area (Å²) in [5.74, 6) is 0.290. The highest BCUT2D eigenvalue weighted by Crippen LogP contribution is 2.38. The topological polar surface area (TPSA) is 122 Å². The molecule has 0 aliphatic heterocycles. The van der Waals surface area contributed by atoms with Crippen molar-refractivity contribution in [2.45, 2.75) is 50.9 Å². The van der Waals surface area contributed by atoms with Crippen LogP contribution in [-0.4, -0.2) is 42.3 Å². The number of aliphatic hydroxyl groups excluding tert-OH is 2. The monoisotopic (exact) mass is 765 g/mol. The number of nitrogens with zero attached hydrogens (tertiary/aromatic N) is 1. The number of phenols is 1. The minimum Gasteiger partial charge on any atom is -0.504 e. The van der Waals surface area contributed by atoms with Gasteiger partial charge >= 0.3 is 0 Å². The Labute approximate surface area is 290 Å². The van der Waals surface area contributed by atoms with Crippen LogP contribution >= 0.6 is 22.6 Å². The number of aliphatic hydroxyl groups is 2. The van der Waals surface area contributed by atoms with E-state index in [0.29, 0.717) is 20.3 Å². The summed E-state index contributed by atoms with van der Waals surface area (Å²) in [6.07, 6.45) is 0.225. The third-order valence-corrected chi connectivity index (χ3v) is 13.9. The Morgan fingerprint density at radius 2 is 1.51 bits per heavy atom. The fourth-order valence-corrected chi connectivity index (χ4v) is 10.9. The van der Waals surface area contributed by atoms with Gasteiger partial charge < -0.3 is 24.5 Å². The van der Waals surface area contributed by atoms with Crippen LogP contribution in [0.1, 0.15) is 56.9 Å². The molecule has 0 bridgehead atoms. The molecule has 0 heterocycles. The molecule has 0 aliphatic rings. The van der Waals surface area contributed by atoms with Gasteiger partial charge in [0, 0.05) is 25.0 Å². The molecule has 8 nitrogen and oxygen atoms in total. The molecule has 0 spiro atoms. The third kappa shape index (κ3) is 8.58. The highest BCUT2D eigenvalue weighted by Gasteiger charge is 2.50. The zero-order valence-electron chi connectivity index (χ0n) is 26.9. The first-order chi connectivity index (χ1) is 22.4. The van der Waals surface area contributed by atoms with Crippen LogP contribution in [0.4, 0.5) is 5.69 Å². The summed E-state index contributed by atoms with van der Waals surface area (Å²) in [5.41, 5.74) is 5.05. The second-order valence-corrected chi connectivity index (χ2v) is 17.7. The number of nitro groups is 1. The maximum absolute atomic E-state index is 11.3. The van der Waals surface area contributed by atoms with Crippen molar-refractivity contribution < 1.29 is 29.4 Å². The number of hydrogen-bond donors (Lipinski definition) is 3. The highest BCUT2D eigenvalue weighted by atomic mass is 127. The normalized spacial score (nSPS) is 12.9. The number of rotatable bonds is 13. The number of non-ortho nitro benzene ring substituents is 1. The molecule has 3 N–H and O–H groups in total. The average molecular weight is 766 g/mol. The Balaban J connectivity index is 1.72. The van der Waals surface area contributed by atoms with Crippen LogP contribution in [0.25, 0.3) is 0 Å². The molecule has 47 heavy (non-hydrogen) atoms. The van der Waals surface area contributed by atoms with Crippen LogP contribution in [0.5, 0.6) is 11.5 Å². The molecule has 0 aliphatic carbocycles. The van der Waals surface area contributed by atoms with Crippen LogP contribution in [0.15, 0.2) is 114 Å². The summed E-state index contributed by atoms with van der Waals surface area (Å²) in [6, 6.07) is 29.6. The average Bonchev–Trinajstić information content (AvgIpc) is 3.06. The minimum atomic E-state index is -2.92. The predicted octanol–water partition coefficient (Wildman–Crippen LogP) is 7.12. The molecule has 0 saturated carbocycles. The molecular formula is C37H40INO7Si. The van der Waals surface area contributed by atoms with Gasteiger partial charge in [0.1, 0.15) is 0 Å². The first-order valence-electron chi connectivity index (χ1n) is 15.2. The third-order valence-electron chi connectivity index (χ3n) is 8.11. The Hall–Kier alpha value is -3.77. The molecule has 0 amide bonds. The van der Waals surface area contributed by atoms with Gasteiger partial charge in [0.2, 0.25) is 0 Å². The van der Waals surface area contributed by atoms with Crippen LogP contribution in [0, 0.1) is 13.7 Å². The van der Waals surface area contributed by atoms with E-state index in [4.69, 9.17) is 9.16 Å². The van der Waals surface area contributed by atoms with Crippen LogP contribution in [0.3, 0.4) is 0 Å². The van der Waals surface area contributed by atoms with Gasteiger partial charge in [-0.1, -0.05) is 81.4 Å². The van der Waals surface area contributed by atoms with Gasteiger partial charge in [0.05, 0.1) is 34.4 Å². The van der Waals surface area contributed by atoms with Gasteiger partial charge in [-0.3, -0.25) is 10.1 Å². The maximum atomic E-state index is 11.3. The number of phenolic OH excluding ortho intramolecular Hbond substituents is 1. The molecular weight excluding hydrogens is 725 g/mol. The zero-order chi connectivity index (χ0) is 34.2. The molecule has 0 unspecified atom stereocenters. The highest BCUT2D eigenvalue weighted by molar-refractivity contribution is 14.1. The second kappa shape index (κ2) is 15.9. The summed E-state index contributed by atoms with van der Waals surface area (Å²) in [4.78, 5) is 10.7. The molecule has 10 heteroatoms. The quantitative estimate of drug-likeness (QED) is 0.0436. The number of benzene rings is 4. The van der Waals surface area contributed by atoms with E-state index in [1.165, 1.54) is 19.2 Å². The van der Waals surface area contributed by atoms with E-state index in [-0.39, 0.29) is 41.7 Å². The molecule has 0 fully saturated rings. The van der Waals surface area contributed by atoms with E-state index >= 15 is 0 Å². The Morgan fingerprint density at radius 1 is 0.936 bits per heavy atom. The van der Waals surface area contributed by atoms with E-state index in [0.717, 1.165) is 10.4 Å². The molecule has 0 saturated heterocycles. The van der Waals surface area contributed by atoms with Gasteiger partial charge in [-0.15, -0.1) is 5.73 Å². The minimum absolute atomic E-state index is 0.0162. The standard InChI is InChI=1S/C37H40INO7Si/c1-37(2,3)47(30-13-7-5-8-14-30,31-15-9-6-10-16-31)46-25-26(22-34(41)27-18-20-29(21-19-27)39(43)44)12-11-17-33(40)28-23-32(38)36(42)35(24-28)45-4/h5-11,13-16,18-21,23-24,33-34,40-42H,17,22,25H2,1-4H3/t12?,33-,34-/m1/s1. The van der Waals surface area contributed by atoms with E-state index in [1.54, 1.807) is 30.3 Å². The molecule has 246 valence electrons. The second-order valence-electron chi connectivity index (χ2n) is 12.3. The van der Waals surface area contributed by atoms with E-state index in [2.05, 4.69) is 50.8 Å². The van der Waals surface area contributed by atoms with Gasteiger partial charge in [0.15, 0.2) is 11.5 Å². The smallest absolute Gasteiger partial charge is 0.269 e. The van der Waals surface area contributed by atoms with Gasteiger partial charge in [-0.25, -0.2) is 0 Å². The largest absolute Gasteiger partial charge is 0.504 e. The molecule has 4 aromatic carbocycles. The van der Waals surface area contributed by atoms with Crippen molar-refractivity contribution in [2.24, 2.45) is 0 Å². The molecule has 2 atom stereocenters. The number of nitro benzene ring substituents is 1. The van der Waals surface area contributed by atoms with Crippen molar-refractivity contribution in [3.63, 3.8) is 0 Å². The van der Waals surface area contributed by atoms with Crippen molar-refractivity contribution >= 4 is 47.0 Å². The van der Waals surface area contributed by atoms with E-state index < -0.39 is 25.4 Å². The number of methoxy groups -OCH3 is 1. The van der Waals surface area contributed by atoms with Gasteiger partial charge in [-0.05, 0) is 85.0 Å². The number of hydrogen-bond acceptors (Lipinski definition) is 7. The van der Waals surface area contributed by atoms with Crippen LogP contribution in [0.2, 0.25) is 5.04 Å². The first-order valence-corrected chi connectivity index (χ1v) is 18.2. The van der Waals surface area contributed by atoms with Crippen LogP contribution < -0.4 is 15.1 Å². The van der Waals surface area contributed by atoms with Crippen molar-refractivity contribution in [3.8, 4) is 11.5 Å². The maximum Gasteiger partial charge on any atom is 0.269 e. The van der Waals surface area contributed by atoms with Crippen molar-refractivity contribution in [1.29, 1.82) is 0 Å². The summed E-state index contributed by atoms with van der Waals surface area (Å²) >= 11 is 1.99. The Bertz CT molecular complexity index is 1680. The lowest BCUT2D eigenvalue weighted by Crippen LogP contribution is -2.66. The number of halogens is 1. The summed E-state index contributed by atoms with van der Waals surface area (Å²) in [7, 11) is -1.46. The summed E-state index contributed by atoms with van der Waals surface area (Å²) in [5, 5.41) is 45.6. The van der Waals surface area contributed by atoms with Crippen molar-refractivity contribution in [3.05, 3.63) is 139 Å². The fourth-order valence-electron chi connectivity index (χ4n) is 5.68. The lowest BCUT2D eigenvalue weighted by molar-refractivity contribution is -0.384. The molecule has 0 radical (unpaired) electrons. The number of ether oxygens (including phenoxy) is 1. The van der Waals surface area contributed by atoms with Crippen LogP contribution in [-0.2, 0) is 4.43 Å². The predicted molar refractivity (Wildman–Crippen MR) is 195 cm³/mol. The molecule has 4 rings (SSSR count). The number of aromatic hydroxyl groups is 1. The lowest BCUT2D eigenvalue weighted by Gasteiger charge is -2.43. The summed E-state index contributed by atoms with van der Waals surface area (Å²) < 4.78 is 12.9. The van der Waals surface area contributed by atoms with Gasteiger partial charge in [-0.2, -0.15) is 0 Å². The van der Waals surface area contributed by atoms with Crippen molar-refractivity contribution in [2.75, 3.05) is 13.7 Å². The van der Waals surface area contributed by atoms with Crippen molar-refractivity contribution in [1.82, 2.24) is 0 Å². The SMILES string of the molecule is COc1cc([C@H](O)CC=C=C(CO[Si](c2ccccc2)(c2ccccc2)C(C)(C)C)C[C@@H](O)c2ccc([N+](=O)[O-])cc2)cc(I)c1O. The zero-order valence-corrected chi connectivity index (χ0v) is 30.0.